The van der Waals surface area contributed by atoms with Crippen LogP contribution >= 0.6 is 0 Å². The quantitative estimate of drug-likeness (QED) is 0.738. The summed E-state index contributed by atoms with van der Waals surface area (Å²) in [7, 11) is 0. The number of carbonyl (C=O) groups is 3. The largest absolute Gasteiger partial charge is 0.461 e. The molecule has 6 nitrogen and oxygen atoms in total. The van der Waals surface area contributed by atoms with Gasteiger partial charge in [-0.15, -0.1) is 0 Å². The highest BCUT2D eigenvalue weighted by Crippen LogP contribution is 2.06. The molecule has 6 heteroatoms. The Labute approximate surface area is 142 Å². The average molecular weight is 335 g/mol. The summed E-state index contributed by atoms with van der Waals surface area (Å²) in [6.07, 6.45) is 0.684. The lowest BCUT2D eigenvalue weighted by molar-refractivity contribution is -0.154. The summed E-state index contributed by atoms with van der Waals surface area (Å²) in [5, 5.41) is 2.47. The molecule has 0 radical (unpaired) electrons. The molecule has 0 aliphatic carbocycles. The topological polar surface area (TPSA) is 81.7 Å². The smallest absolute Gasteiger partial charge is 0.325 e. The van der Waals surface area contributed by atoms with Gasteiger partial charge in [0.2, 0.25) is 5.91 Å². The van der Waals surface area contributed by atoms with Gasteiger partial charge >= 0.3 is 11.9 Å². The normalized spacial score (nSPS) is 10.8. The van der Waals surface area contributed by atoms with Crippen molar-refractivity contribution < 1.29 is 23.9 Å². The van der Waals surface area contributed by atoms with E-state index in [2.05, 4.69) is 5.32 Å². The van der Waals surface area contributed by atoms with Crippen LogP contribution in [0.25, 0.3) is 0 Å². The molecular formula is C18H25NO5. The molecule has 1 amide bonds. The Kier molecular flexibility index (Phi) is 7.95. The van der Waals surface area contributed by atoms with E-state index in [1.54, 1.807) is 20.8 Å². The summed E-state index contributed by atoms with van der Waals surface area (Å²) >= 11 is 0. The van der Waals surface area contributed by atoms with Crippen LogP contribution in [0.2, 0.25) is 0 Å². The first-order chi connectivity index (χ1) is 11.3. The highest BCUT2D eigenvalue weighted by Gasteiger charge is 2.16. The third-order valence-electron chi connectivity index (χ3n) is 2.88. The van der Waals surface area contributed by atoms with Gasteiger partial charge in [-0.1, -0.05) is 30.3 Å². The summed E-state index contributed by atoms with van der Waals surface area (Å²) in [6.45, 7) is 5.33. The number of hydrogen-bond acceptors (Lipinski definition) is 5. The minimum absolute atomic E-state index is 0.156. The number of hydrogen-bond donors (Lipinski definition) is 1. The van der Waals surface area contributed by atoms with Gasteiger partial charge < -0.3 is 14.8 Å². The Morgan fingerprint density at radius 2 is 1.67 bits per heavy atom. The lowest BCUT2D eigenvalue weighted by Gasteiger charge is -2.19. The molecule has 1 aromatic rings. The summed E-state index contributed by atoms with van der Waals surface area (Å²) in [5.41, 5.74) is 0.339. The molecule has 24 heavy (non-hydrogen) atoms. The molecular weight excluding hydrogens is 310 g/mol. The van der Waals surface area contributed by atoms with E-state index in [0.717, 1.165) is 5.56 Å². The Morgan fingerprint density at radius 1 is 1.00 bits per heavy atom. The van der Waals surface area contributed by atoms with Crippen molar-refractivity contribution in [3.05, 3.63) is 35.9 Å². The van der Waals surface area contributed by atoms with Crippen molar-refractivity contribution in [2.45, 2.75) is 52.2 Å². The molecule has 0 aliphatic heterocycles. The number of rotatable bonds is 8. The number of carbonyl (C=O) groups excluding carboxylic acids is 3. The Bertz CT molecular complexity index is 548. The molecule has 0 saturated heterocycles. The monoisotopic (exact) mass is 335 g/mol. The van der Waals surface area contributed by atoms with Crippen LogP contribution < -0.4 is 5.32 Å². The number of benzene rings is 1. The lowest BCUT2D eigenvalue weighted by Crippen LogP contribution is -2.34. The van der Waals surface area contributed by atoms with Gasteiger partial charge in [0.25, 0.3) is 0 Å². The molecule has 0 aromatic heterocycles. The van der Waals surface area contributed by atoms with Gasteiger partial charge in [-0.2, -0.15) is 0 Å². The highest BCUT2D eigenvalue weighted by molar-refractivity contribution is 5.82. The van der Waals surface area contributed by atoms with E-state index in [4.69, 9.17) is 9.47 Å². The van der Waals surface area contributed by atoms with Crippen molar-refractivity contribution in [1.29, 1.82) is 0 Å². The van der Waals surface area contributed by atoms with E-state index in [1.807, 2.05) is 30.3 Å². The maximum absolute atomic E-state index is 11.6. The molecule has 0 aliphatic rings. The van der Waals surface area contributed by atoms with Crippen LogP contribution in [0.4, 0.5) is 0 Å². The number of esters is 2. The summed E-state index contributed by atoms with van der Waals surface area (Å²) in [5.74, 6) is -1.13. The second kappa shape index (κ2) is 9.70. The van der Waals surface area contributed by atoms with E-state index in [0.29, 0.717) is 6.42 Å². The zero-order valence-electron chi connectivity index (χ0n) is 14.5. The first-order valence-corrected chi connectivity index (χ1v) is 7.94. The van der Waals surface area contributed by atoms with Gasteiger partial charge in [0.05, 0.1) is 0 Å². The van der Waals surface area contributed by atoms with Crippen LogP contribution in [0.1, 0.15) is 45.6 Å². The zero-order chi connectivity index (χ0) is 18.0. The molecule has 0 heterocycles. The van der Waals surface area contributed by atoms with Gasteiger partial charge in [0, 0.05) is 12.8 Å². The fourth-order valence-corrected chi connectivity index (χ4v) is 1.84. The fraction of sp³-hybridized carbons (Fsp3) is 0.500. The molecule has 0 atom stereocenters. The van der Waals surface area contributed by atoms with Crippen molar-refractivity contribution >= 4 is 17.8 Å². The second-order valence-corrected chi connectivity index (χ2v) is 6.36. The van der Waals surface area contributed by atoms with Crippen LogP contribution in [-0.4, -0.2) is 30.0 Å². The maximum atomic E-state index is 11.6. The van der Waals surface area contributed by atoms with Crippen molar-refractivity contribution in [2.75, 3.05) is 6.54 Å². The molecule has 1 N–H and O–H groups in total. The van der Waals surface area contributed by atoms with Gasteiger partial charge in [-0.3, -0.25) is 14.4 Å². The zero-order valence-corrected chi connectivity index (χ0v) is 14.5. The number of nitrogens with one attached hydrogen (secondary N) is 1. The van der Waals surface area contributed by atoms with Crippen LogP contribution in [-0.2, 0) is 30.5 Å². The summed E-state index contributed by atoms with van der Waals surface area (Å²) < 4.78 is 10.2. The van der Waals surface area contributed by atoms with E-state index >= 15 is 0 Å². The molecule has 0 spiro atoms. The predicted molar refractivity (Wildman–Crippen MR) is 88.9 cm³/mol. The third-order valence-corrected chi connectivity index (χ3v) is 2.88. The van der Waals surface area contributed by atoms with E-state index in [9.17, 15) is 14.4 Å². The first-order valence-electron chi connectivity index (χ1n) is 7.94. The third kappa shape index (κ3) is 9.61. The summed E-state index contributed by atoms with van der Waals surface area (Å²) in [4.78, 5) is 34.6. The van der Waals surface area contributed by atoms with Crippen LogP contribution in [0.3, 0.4) is 0 Å². The van der Waals surface area contributed by atoms with E-state index in [-0.39, 0.29) is 37.9 Å². The SMILES string of the molecule is CC(C)(C)OC(=O)CNC(=O)CCCC(=O)OCc1ccccc1. The van der Waals surface area contributed by atoms with Crippen molar-refractivity contribution in [1.82, 2.24) is 5.32 Å². The second-order valence-electron chi connectivity index (χ2n) is 6.36. The molecule has 0 unspecified atom stereocenters. The Hall–Kier alpha value is -2.37. The van der Waals surface area contributed by atoms with Crippen LogP contribution in [0.15, 0.2) is 30.3 Å². The molecule has 0 bridgehead atoms. The first kappa shape index (κ1) is 19.7. The standard InChI is InChI=1S/C18H25NO5/c1-18(2,3)24-17(22)12-19-15(20)10-7-11-16(21)23-13-14-8-5-4-6-9-14/h4-6,8-9H,7,10-13H2,1-3H3,(H,19,20). The molecule has 1 aromatic carbocycles. The van der Waals surface area contributed by atoms with Gasteiger partial charge in [0.1, 0.15) is 18.8 Å². The lowest BCUT2D eigenvalue weighted by atomic mass is 10.2. The summed E-state index contributed by atoms with van der Waals surface area (Å²) in [6, 6.07) is 9.38. The van der Waals surface area contributed by atoms with E-state index in [1.165, 1.54) is 0 Å². The molecule has 1 rings (SSSR count). The predicted octanol–water partition coefficient (Wildman–Crippen LogP) is 2.36. The van der Waals surface area contributed by atoms with Gasteiger partial charge in [-0.25, -0.2) is 0 Å². The average Bonchev–Trinajstić information content (AvgIpc) is 2.50. The van der Waals surface area contributed by atoms with Crippen molar-refractivity contribution in [3.63, 3.8) is 0 Å². The van der Waals surface area contributed by atoms with Gasteiger partial charge in [0.15, 0.2) is 0 Å². The fourth-order valence-electron chi connectivity index (χ4n) is 1.84. The Balaban J connectivity index is 2.12. The number of amides is 1. The minimum atomic E-state index is -0.579. The van der Waals surface area contributed by atoms with Crippen molar-refractivity contribution in [2.24, 2.45) is 0 Å². The van der Waals surface area contributed by atoms with Gasteiger partial charge in [-0.05, 0) is 32.8 Å². The minimum Gasteiger partial charge on any atom is -0.461 e. The highest BCUT2D eigenvalue weighted by atomic mass is 16.6. The van der Waals surface area contributed by atoms with E-state index < -0.39 is 11.6 Å². The molecule has 0 fully saturated rings. The van der Waals surface area contributed by atoms with Crippen molar-refractivity contribution in [3.8, 4) is 0 Å². The molecule has 0 saturated carbocycles. The Morgan fingerprint density at radius 3 is 2.29 bits per heavy atom. The van der Waals surface area contributed by atoms with Crippen LogP contribution in [0.5, 0.6) is 0 Å². The van der Waals surface area contributed by atoms with Crippen LogP contribution in [0, 0.1) is 0 Å². The maximum Gasteiger partial charge on any atom is 0.325 e. The number of ether oxygens (including phenoxy) is 2. The molecule has 132 valence electrons.